The van der Waals surface area contributed by atoms with Crippen molar-refractivity contribution in [3.63, 3.8) is 0 Å². The number of piperazine rings is 1. The third kappa shape index (κ3) is 4.08. The molecule has 0 radical (unpaired) electrons. The SMILES string of the molecule is CCN1CCN(c2cnc(C(=O)Nc3ccc(F)c(F)c3)cn2)CC1. The van der Waals surface area contributed by atoms with Gasteiger partial charge in [-0.3, -0.25) is 4.79 Å². The van der Waals surface area contributed by atoms with Crippen molar-refractivity contribution in [3.8, 4) is 0 Å². The van der Waals surface area contributed by atoms with E-state index in [1.807, 2.05) is 0 Å². The second kappa shape index (κ2) is 7.52. The molecule has 3 rings (SSSR count). The molecule has 1 aromatic carbocycles. The zero-order valence-corrected chi connectivity index (χ0v) is 13.9. The Hall–Kier alpha value is -2.61. The number of carbonyl (C=O) groups is 1. The highest BCUT2D eigenvalue weighted by atomic mass is 19.2. The van der Waals surface area contributed by atoms with Crippen LogP contribution in [0.15, 0.2) is 30.6 Å². The average molecular weight is 347 g/mol. The molecule has 0 atom stereocenters. The summed E-state index contributed by atoms with van der Waals surface area (Å²) in [5.74, 6) is -1.79. The largest absolute Gasteiger partial charge is 0.353 e. The topological polar surface area (TPSA) is 61.4 Å². The number of rotatable bonds is 4. The predicted octanol–water partition coefficient (Wildman–Crippen LogP) is 2.15. The molecule has 2 heterocycles. The van der Waals surface area contributed by atoms with Crippen LogP contribution in [0.5, 0.6) is 0 Å². The monoisotopic (exact) mass is 347 g/mol. The first kappa shape index (κ1) is 17.2. The van der Waals surface area contributed by atoms with Crippen LogP contribution in [0.4, 0.5) is 20.3 Å². The van der Waals surface area contributed by atoms with Gasteiger partial charge in [-0.15, -0.1) is 0 Å². The molecule has 0 saturated carbocycles. The van der Waals surface area contributed by atoms with E-state index in [0.717, 1.165) is 50.7 Å². The van der Waals surface area contributed by atoms with E-state index in [4.69, 9.17) is 0 Å². The number of benzene rings is 1. The smallest absolute Gasteiger partial charge is 0.275 e. The van der Waals surface area contributed by atoms with E-state index in [2.05, 4.69) is 32.0 Å². The Morgan fingerprint density at radius 3 is 2.48 bits per heavy atom. The molecule has 1 aromatic heterocycles. The molecule has 6 nitrogen and oxygen atoms in total. The van der Waals surface area contributed by atoms with E-state index in [0.29, 0.717) is 0 Å². The zero-order valence-electron chi connectivity index (χ0n) is 13.9. The van der Waals surface area contributed by atoms with E-state index in [1.54, 1.807) is 6.20 Å². The lowest BCUT2D eigenvalue weighted by Gasteiger charge is -2.34. The molecular formula is C17H19F2N5O. The van der Waals surface area contributed by atoms with Crippen molar-refractivity contribution >= 4 is 17.4 Å². The van der Waals surface area contributed by atoms with Crippen LogP contribution < -0.4 is 10.2 Å². The minimum absolute atomic E-state index is 0.112. The predicted molar refractivity (Wildman–Crippen MR) is 90.7 cm³/mol. The Morgan fingerprint density at radius 1 is 1.12 bits per heavy atom. The van der Waals surface area contributed by atoms with Crippen molar-refractivity contribution in [2.24, 2.45) is 0 Å². The summed E-state index contributed by atoms with van der Waals surface area (Å²) in [5.41, 5.74) is 0.270. The van der Waals surface area contributed by atoms with Crippen molar-refractivity contribution < 1.29 is 13.6 Å². The van der Waals surface area contributed by atoms with Crippen molar-refractivity contribution in [2.45, 2.75) is 6.92 Å². The second-order valence-corrected chi connectivity index (χ2v) is 5.76. The summed E-state index contributed by atoms with van der Waals surface area (Å²) < 4.78 is 26.1. The van der Waals surface area contributed by atoms with Crippen LogP contribution in [-0.2, 0) is 0 Å². The quantitative estimate of drug-likeness (QED) is 0.918. The van der Waals surface area contributed by atoms with Crippen molar-refractivity contribution in [1.29, 1.82) is 0 Å². The average Bonchev–Trinajstić information content (AvgIpc) is 2.65. The third-order valence-electron chi connectivity index (χ3n) is 4.19. The molecule has 1 aliphatic rings. The summed E-state index contributed by atoms with van der Waals surface area (Å²) >= 11 is 0. The summed E-state index contributed by atoms with van der Waals surface area (Å²) in [6.07, 6.45) is 2.94. The fourth-order valence-corrected chi connectivity index (χ4v) is 2.66. The standard InChI is InChI=1S/C17H19F2N5O/c1-2-23-5-7-24(8-6-23)16-11-20-15(10-21-16)17(25)22-12-3-4-13(18)14(19)9-12/h3-4,9-11H,2,5-8H2,1H3,(H,22,25). The van der Waals surface area contributed by atoms with Crippen molar-refractivity contribution in [2.75, 3.05) is 42.9 Å². The molecule has 0 aliphatic carbocycles. The van der Waals surface area contributed by atoms with Gasteiger partial charge in [-0.1, -0.05) is 6.92 Å². The molecule has 1 saturated heterocycles. The van der Waals surface area contributed by atoms with Crippen LogP contribution in [0.3, 0.4) is 0 Å². The van der Waals surface area contributed by atoms with Crippen LogP contribution in [0, 0.1) is 11.6 Å². The van der Waals surface area contributed by atoms with E-state index < -0.39 is 17.5 Å². The number of nitrogens with zero attached hydrogens (tertiary/aromatic N) is 4. The normalized spacial score (nSPS) is 15.2. The fraction of sp³-hybridized carbons (Fsp3) is 0.353. The lowest BCUT2D eigenvalue weighted by Crippen LogP contribution is -2.46. The highest BCUT2D eigenvalue weighted by molar-refractivity contribution is 6.02. The number of likely N-dealkylation sites (N-methyl/N-ethyl adjacent to an activating group) is 1. The van der Waals surface area contributed by atoms with Crippen molar-refractivity contribution in [1.82, 2.24) is 14.9 Å². The van der Waals surface area contributed by atoms with Crippen LogP contribution in [0.1, 0.15) is 17.4 Å². The first-order valence-electron chi connectivity index (χ1n) is 8.12. The van der Waals surface area contributed by atoms with Gasteiger partial charge in [0.1, 0.15) is 11.5 Å². The molecule has 2 aromatic rings. The fourth-order valence-electron chi connectivity index (χ4n) is 2.66. The number of carbonyl (C=O) groups excluding carboxylic acids is 1. The number of hydrogen-bond donors (Lipinski definition) is 1. The molecule has 1 fully saturated rings. The van der Waals surface area contributed by atoms with Gasteiger partial charge in [-0.25, -0.2) is 18.7 Å². The van der Waals surface area contributed by atoms with Crippen molar-refractivity contribution in [3.05, 3.63) is 47.9 Å². The van der Waals surface area contributed by atoms with Gasteiger partial charge in [0.2, 0.25) is 0 Å². The molecule has 0 bridgehead atoms. The van der Waals surface area contributed by atoms with Gasteiger partial charge < -0.3 is 15.1 Å². The maximum Gasteiger partial charge on any atom is 0.275 e. The highest BCUT2D eigenvalue weighted by Crippen LogP contribution is 2.15. The molecule has 0 unspecified atom stereocenters. The van der Waals surface area contributed by atoms with Crippen LogP contribution >= 0.6 is 0 Å². The van der Waals surface area contributed by atoms with Crippen LogP contribution in [-0.4, -0.2) is 53.5 Å². The molecule has 1 amide bonds. The Balaban J connectivity index is 1.63. The number of halogens is 2. The van der Waals surface area contributed by atoms with Gasteiger partial charge in [0.05, 0.1) is 12.4 Å². The number of anilines is 2. The molecule has 8 heteroatoms. The van der Waals surface area contributed by atoms with E-state index >= 15 is 0 Å². The number of aromatic nitrogens is 2. The summed E-state index contributed by atoms with van der Waals surface area (Å²) in [5, 5.41) is 2.47. The van der Waals surface area contributed by atoms with Gasteiger partial charge >= 0.3 is 0 Å². The van der Waals surface area contributed by atoms with Gasteiger partial charge in [-0.05, 0) is 18.7 Å². The summed E-state index contributed by atoms with van der Waals surface area (Å²) in [7, 11) is 0. The Kier molecular flexibility index (Phi) is 5.18. The van der Waals surface area contributed by atoms with E-state index in [9.17, 15) is 13.6 Å². The highest BCUT2D eigenvalue weighted by Gasteiger charge is 2.18. The zero-order chi connectivity index (χ0) is 17.8. The second-order valence-electron chi connectivity index (χ2n) is 5.76. The summed E-state index contributed by atoms with van der Waals surface area (Å²) in [4.78, 5) is 25.0. The summed E-state index contributed by atoms with van der Waals surface area (Å²) in [6.45, 7) is 6.83. The summed E-state index contributed by atoms with van der Waals surface area (Å²) in [6, 6.07) is 3.16. The molecule has 0 spiro atoms. The van der Waals surface area contributed by atoms with Crippen LogP contribution in [0.2, 0.25) is 0 Å². The van der Waals surface area contributed by atoms with Crippen LogP contribution in [0.25, 0.3) is 0 Å². The van der Waals surface area contributed by atoms with E-state index in [-0.39, 0.29) is 11.4 Å². The van der Waals surface area contributed by atoms with Gasteiger partial charge in [-0.2, -0.15) is 0 Å². The minimum atomic E-state index is -1.02. The Morgan fingerprint density at radius 2 is 1.88 bits per heavy atom. The Labute approximate surface area is 144 Å². The minimum Gasteiger partial charge on any atom is -0.353 e. The number of nitrogens with one attached hydrogen (secondary N) is 1. The molecular weight excluding hydrogens is 328 g/mol. The van der Waals surface area contributed by atoms with Gasteiger partial charge in [0, 0.05) is 37.9 Å². The Bertz CT molecular complexity index is 745. The maximum atomic E-state index is 13.2. The maximum absolute atomic E-state index is 13.2. The first-order valence-corrected chi connectivity index (χ1v) is 8.12. The molecule has 132 valence electrons. The molecule has 25 heavy (non-hydrogen) atoms. The lowest BCUT2D eigenvalue weighted by atomic mass is 10.3. The van der Waals surface area contributed by atoms with Gasteiger partial charge in [0.15, 0.2) is 11.6 Å². The molecule has 1 N–H and O–H groups in total. The lowest BCUT2D eigenvalue weighted by molar-refractivity contribution is 0.102. The number of amides is 1. The van der Waals surface area contributed by atoms with E-state index in [1.165, 1.54) is 12.3 Å². The first-order chi connectivity index (χ1) is 12.1. The molecule has 1 aliphatic heterocycles. The third-order valence-corrected chi connectivity index (χ3v) is 4.19. The van der Waals surface area contributed by atoms with Gasteiger partial charge in [0.25, 0.3) is 5.91 Å². The number of hydrogen-bond acceptors (Lipinski definition) is 5.